The molecule has 112 valence electrons. The number of aryl methyl sites for hydroxylation is 1. The Hall–Kier alpha value is -0.800. The fourth-order valence-corrected chi connectivity index (χ4v) is 3.40. The first-order valence-electron chi connectivity index (χ1n) is 7.91. The van der Waals surface area contributed by atoms with Gasteiger partial charge < -0.3 is 14.4 Å². The summed E-state index contributed by atoms with van der Waals surface area (Å²) in [5, 5.41) is 10.3. The summed E-state index contributed by atoms with van der Waals surface area (Å²) in [6.45, 7) is 9.26. The number of hydrogen-bond donors (Lipinski definition) is 1. The van der Waals surface area contributed by atoms with Crippen molar-refractivity contribution in [3.8, 4) is 0 Å². The number of fused-ring (bicyclic) bond motifs is 1. The molecule has 0 spiro atoms. The van der Waals surface area contributed by atoms with E-state index in [1.165, 1.54) is 24.2 Å². The summed E-state index contributed by atoms with van der Waals surface area (Å²) in [7, 11) is 0. The van der Waals surface area contributed by atoms with Crippen LogP contribution in [0.25, 0.3) is 0 Å². The molecule has 2 aliphatic carbocycles. The van der Waals surface area contributed by atoms with Gasteiger partial charge in [0.15, 0.2) is 0 Å². The van der Waals surface area contributed by atoms with Crippen molar-refractivity contribution in [2.24, 2.45) is 11.3 Å². The lowest BCUT2D eigenvalue weighted by atomic mass is 9.75. The lowest BCUT2D eigenvalue weighted by Crippen LogP contribution is -2.27. The molecule has 0 saturated heterocycles. The zero-order valence-electron chi connectivity index (χ0n) is 13.0. The summed E-state index contributed by atoms with van der Waals surface area (Å²) < 4.78 is 8.13. The molecule has 1 N–H and O–H groups in total. The van der Waals surface area contributed by atoms with Crippen molar-refractivity contribution in [2.45, 2.75) is 59.1 Å². The maximum absolute atomic E-state index is 10.3. The molecule has 0 radical (unpaired) electrons. The number of aliphatic hydroxyl groups is 1. The third-order valence-electron chi connectivity index (χ3n) is 4.71. The largest absolute Gasteiger partial charge is 0.388 e. The fourth-order valence-electron chi connectivity index (χ4n) is 3.40. The SMILES string of the molecule is Cc1cc2c(n1CCOCC1CC1)CC(C)(C)CC2O. The summed E-state index contributed by atoms with van der Waals surface area (Å²) in [4.78, 5) is 0. The van der Waals surface area contributed by atoms with Crippen LogP contribution in [0.1, 0.15) is 56.2 Å². The van der Waals surface area contributed by atoms with Crippen LogP contribution in [0.2, 0.25) is 0 Å². The van der Waals surface area contributed by atoms with Crippen LogP contribution in [-0.4, -0.2) is 22.9 Å². The van der Waals surface area contributed by atoms with Gasteiger partial charge in [0.25, 0.3) is 0 Å². The third kappa shape index (κ3) is 2.94. The van der Waals surface area contributed by atoms with Crippen molar-refractivity contribution in [1.82, 2.24) is 4.57 Å². The van der Waals surface area contributed by atoms with Crippen LogP contribution in [0.4, 0.5) is 0 Å². The number of aliphatic hydroxyl groups excluding tert-OH is 1. The monoisotopic (exact) mass is 277 g/mol. The van der Waals surface area contributed by atoms with Crippen LogP contribution >= 0.6 is 0 Å². The van der Waals surface area contributed by atoms with E-state index in [4.69, 9.17) is 4.74 Å². The highest BCUT2D eigenvalue weighted by molar-refractivity contribution is 5.33. The Morgan fingerprint density at radius 2 is 2.15 bits per heavy atom. The van der Waals surface area contributed by atoms with Gasteiger partial charge in [-0.15, -0.1) is 0 Å². The van der Waals surface area contributed by atoms with E-state index in [0.29, 0.717) is 0 Å². The molecule has 20 heavy (non-hydrogen) atoms. The van der Waals surface area contributed by atoms with Crippen molar-refractivity contribution in [2.75, 3.05) is 13.2 Å². The molecule has 1 aromatic heterocycles. The maximum atomic E-state index is 10.3. The van der Waals surface area contributed by atoms with Crippen LogP contribution < -0.4 is 0 Å². The van der Waals surface area contributed by atoms with Crippen molar-refractivity contribution in [3.63, 3.8) is 0 Å². The molecule has 0 amide bonds. The first kappa shape index (κ1) is 14.2. The van der Waals surface area contributed by atoms with E-state index in [0.717, 1.165) is 44.1 Å². The zero-order chi connectivity index (χ0) is 14.3. The van der Waals surface area contributed by atoms with Gasteiger partial charge in [-0.2, -0.15) is 0 Å². The quantitative estimate of drug-likeness (QED) is 0.839. The van der Waals surface area contributed by atoms with Gasteiger partial charge in [0.2, 0.25) is 0 Å². The minimum atomic E-state index is -0.305. The summed E-state index contributed by atoms with van der Waals surface area (Å²) >= 11 is 0. The molecule has 3 nitrogen and oxygen atoms in total. The van der Waals surface area contributed by atoms with Crippen molar-refractivity contribution >= 4 is 0 Å². The predicted octanol–water partition coefficient (Wildman–Crippen LogP) is 3.23. The summed E-state index contributed by atoms with van der Waals surface area (Å²) in [6, 6.07) is 2.16. The highest BCUT2D eigenvalue weighted by Crippen LogP contribution is 2.41. The Morgan fingerprint density at radius 3 is 2.85 bits per heavy atom. The molecule has 0 aromatic carbocycles. The molecular weight excluding hydrogens is 250 g/mol. The van der Waals surface area contributed by atoms with Gasteiger partial charge in [-0.1, -0.05) is 13.8 Å². The molecule has 0 bridgehead atoms. The second-order valence-electron chi connectivity index (χ2n) is 7.42. The minimum Gasteiger partial charge on any atom is -0.388 e. The molecule has 1 unspecified atom stereocenters. The van der Waals surface area contributed by atoms with E-state index in [9.17, 15) is 5.11 Å². The van der Waals surface area contributed by atoms with Gasteiger partial charge >= 0.3 is 0 Å². The van der Waals surface area contributed by atoms with Crippen LogP contribution in [0.3, 0.4) is 0 Å². The highest BCUT2D eigenvalue weighted by atomic mass is 16.5. The highest BCUT2D eigenvalue weighted by Gasteiger charge is 2.33. The number of hydrogen-bond acceptors (Lipinski definition) is 2. The topological polar surface area (TPSA) is 34.4 Å². The molecule has 1 fully saturated rings. The van der Waals surface area contributed by atoms with Gasteiger partial charge in [0.05, 0.1) is 12.7 Å². The average molecular weight is 277 g/mol. The van der Waals surface area contributed by atoms with Crippen molar-refractivity contribution in [3.05, 3.63) is 23.0 Å². The molecule has 1 aromatic rings. The van der Waals surface area contributed by atoms with Crippen molar-refractivity contribution in [1.29, 1.82) is 0 Å². The first-order chi connectivity index (χ1) is 9.46. The average Bonchev–Trinajstić information content (AvgIpc) is 3.11. The normalized spacial score (nSPS) is 24.7. The Labute approximate surface area is 121 Å². The summed E-state index contributed by atoms with van der Waals surface area (Å²) in [6.07, 6.45) is 4.30. The Balaban J connectivity index is 1.70. The minimum absolute atomic E-state index is 0.184. The van der Waals surface area contributed by atoms with E-state index in [-0.39, 0.29) is 11.5 Å². The van der Waals surface area contributed by atoms with Gasteiger partial charge in [0.1, 0.15) is 0 Å². The molecule has 3 rings (SSSR count). The van der Waals surface area contributed by atoms with Gasteiger partial charge in [-0.05, 0) is 50.0 Å². The smallest absolute Gasteiger partial charge is 0.0812 e. The van der Waals surface area contributed by atoms with Crippen LogP contribution in [0, 0.1) is 18.3 Å². The zero-order valence-corrected chi connectivity index (χ0v) is 13.0. The Morgan fingerprint density at radius 1 is 1.40 bits per heavy atom. The van der Waals surface area contributed by atoms with Crippen LogP contribution in [-0.2, 0) is 17.7 Å². The lowest BCUT2D eigenvalue weighted by Gasteiger charge is -2.34. The Kier molecular flexibility index (Phi) is 3.67. The second kappa shape index (κ2) is 5.19. The number of ether oxygens (including phenoxy) is 1. The van der Waals surface area contributed by atoms with Crippen molar-refractivity contribution < 1.29 is 9.84 Å². The maximum Gasteiger partial charge on any atom is 0.0812 e. The van der Waals surface area contributed by atoms with Crippen LogP contribution in [0.15, 0.2) is 6.07 Å². The Bertz CT molecular complexity index is 485. The number of aromatic nitrogens is 1. The molecule has 1 atom stereocenters. The molecule has 2 aliphatic rings. The predicted molar refractivity (Wildman–Crippen MR) is 79.8 cm³/mol. The van der Waals surface area contributed by atoms with Gasteiger partial charge in [0, 0.05) is 30.1 Å². The number of nitrogens with zero attached hydrogens (tertiary/aromatic N) is 1. The molecule has 1 saturated carbocycles. The van der Waals surface area contributed by atoms with Gasteiger partial charge in [-0.3, -0.25) is 0 Å². The van der Waals surface area contributed by atoms with E-state index in [1.807, 2.05) is 0 Å². The third-order valence-corrected chi connectivity index (χ3v) is 4.71. The standard InChI is InChI=1S/C17H27NO2/c1-12-8-14-15(9-17(2,3)10-16(14)19)18(12)6-7-20-11-13-4-5-13/h8,13,16,19H,4-7,9-11H2,1-3H3. The van der Waals surface area contributed by atoms with E-state index < -0.39 is 0 Å². The van der Waals surface area contributed by atoms with E-state index >= 15 is 0 Å². The summed E-state index contributed by atoms with van der Waals surface area (Å²) in [5.74, 6) is 0.829. The molecule has 1 heterocycles. The fraction of sp³-hybridized carbons (Fsp3) is 0.765. The van der Waals surface area contributed by atoms with Gasteiger partial charge in [-0.25, -0.2) is 0 Å². The summed E-state index contributed by atoms with van der Waals surface area (Å²) in [5.41, 5.74) is 3.90. The lowest BCUT2D eigenvalue weighted by molar-refractivity contribution is 0.0945. The first-order valence-corrected chi connectivity index (χ1v) is 7.91. The van der Waals surface area contributed by atoms with E-state index in [1.54, 1.807) is 0 Å². The second-order valence-corrected chi connectivity index (χ2v) is 7.42. The molecular formula is C17H27NO2. The van der Waals surface area contributed by atoms with Crippen LogP contribution in [0.5, 0.6) is 0 Å². The molecule has 3 heteroatoms. The van der Waals surface area contributed by atoms with E-state index in [2.05, 4.69) is 31.4 Å². The number of rotatable bonds is 5. The molecule has 0 aliphatic heterocycles.